The van der Waals surface area contributed by atoms with Gasteiger partial charge < -0.3 is 9.80 Å². The van der Waals surface area contributed by atoms with Crippen LogP contribution in [0.1, 0.15) is 60.3 Å². The van der Waals surface area contributed by atoms with Gasteiger partial charge in [0.1, 0.15) is 0 Å². The molecule has 0 heterocycles. The summed E-state index contributed by atoms with van der Waals surface area (Å²) in [7, 11) is 1.91. The summed E-state index contributed by atoms with van der Waals surface area (Å²) in [4.78, 5) is 16.2. The largest absolute Gasteiger partial charge is 0.328 e. The van der Waals surface area contributed by atoms with Crippen molar-refractivity contribution < 1.29 is 4.79 Å². The van der Waals surface area contributed by atoms with E-state index in [0.717, 1.165) is 25.9 Å². The van der Waals surface area contributed by atoms with E-state index in [-0.39, 0.29) is 11.6 Å². The predicted molar refractivity (Wildman–Crippen MR) is 74.3 cm³/mol. The van der Waals surface area contributed by atoms with Crippen molar-refractivity contribution in [2.45, 2.75) is 65.8 Å². The van der Waals surface area contributed by atoms with Crippen molar-refractivity contribution in [2.24, 2.45) is 0 Å². The Labute approximate surface area is 107 Å². The van der Waals surface area contributed by atoms with E-state index in [1.165, 1.54) is 12.8 Å². The summed E-state index contributed by atoms with van der Waals surface area (Å²) in [6.07, 6.45) is 4.50. The second-order valence-corrected chi connectivity index (χ2v) is 5.73. The van der Waals surface area contributed by atoms with Gasteiger partial charge in [0.25, 0.3) is 0 Å². The quantitative estimate of drug-likeness (QED) is 0.651. The van der Waals surface area contributed by atoms with Crippen molar-refractivity contribution in [2.75, 3.05) is 20.1 Å². The Hall–Kier alpha value is -0.730. The van der Waals surface area contributed by atoms with Gasteiger partial charge in [0.2, 0.25) is 0 Å². The van der Waals surface area contributed by atoms with E-state index in [4.69, 9.17) is 0 Å². The fourth-order valence-corrected chi connectivity index (χ4v) is 1.84. The van der Waals surface area contributed by atoms with Crippen LogP contribution < -0.4 is 0 Å². The van der Waals surface area contributed by atoms with Gasteiger partial charge in [-0.05, 0) is 33.6 Å². The van der Waals surface area contributed by atoms with Gasteiger partial charge in [0.15, 0.2) is 0 Å². The van der Waals surface area contributed by atoms with Crippen LogP contribution in [0.25, 0.3) is 0 Å². The topological polar surface area (TPSA) is 23.6 Å². The lowest BCUT2D eigenvalue weighted by molar-refractivity contribution is 0.116. The number of urea groups is 1. The van der Waals surface area contributed by atoms with Gasteiger partial charge >= 0.3 is 6.03 Å². The molecule has 3 nitrogen and oxygen atoms in total. The second kappa shape index (κ2) is 7.57. The maximum atomic E-state index is 12.3. The number of hydrogen-bond donors (Lipinski definition) is 0. The highest BCUT2D eigenvalue weighted by atomic mass is 16.2. The Morgan fingerprint density at radius 3 is 2.00 bits per heavy atom. The summed E-state index contributed by atoms with van der Waals surface area (Å²) in [6.45, 7) is 12.3. The molecule has 0 spiro atoms. The molecule has 0 saturated carbocycles. The minimum absolute atomic E-state index is 0.0912. The highest BCUT2D eigenvalue weighted by Crippen LogP contribution is 2.16. The molecule has 0 aromatic carbocycles. The zero-order valence-electron chi connectivity index (χ0n) is 12.5. The highest BCUT2D eigenvalue weighted by molar-refractivity contribution is 5.74. The Kier molecular flexibility index (Phi) is 7.24. The molecule has 0 aliphatic carbocycles. The molecule has 17 heavy (non-hydrogen) atoms. The molecule has 0 unspecified atom stereocenters. The van der Waals surface area contributed by atoms with Crippen LogP contribution in [-0.2, 0) is 0 Å². The maximum absolute atomic E-state index is 12.3. The summed E-state index contributed by atoms with van der Waals surface area (Å²) in [5.41, 5.74) is -0.0912. The first-order valence-corrected chi connectivity index (χ1v) is 6.87. The van der Waals surface area contributed by atoms with Crippen LogP contribution in [0, 0.1) is 0 Å². The third-order valence-corrected chi connectivity index (χ3v) is 2.91. The number of nitrogens with zero attached hydrogens (tertiary/aromatic N) is 2. The molecule has 0 bridgehead atoms. The summed E-state index contributed by atoms with van der Waals surface area (Å²) >= 11 is 0. The van der Waals surface area contributed by atoms with E-state index in [2.05, 4.69) is 34.6 Å². The number of hydrogen-bond acceptors (Lipinski definition) is 1. The lowest BCUT2D eigenvalue weighted by Gasteiger charge is -2.38. The second-order valence-electron chi connectivity index (χ2n) is 5.73. The number of carbonyl (C=O) groups excluding carboxylic acids is 1. The van der Waals surface area contributed by atoms with E-state index in [9.17, 15) is 4.79 Å². The molecule has 0 aliphatic heterocycles. The first-order chi connectivity index (χ1) is 7.84. The average Bonchev–Trinajstić information content (AvgIpc) is 2.23. The molecule has 2 amide bonds. The van der Waals surface area contributed by atoms with Crippen molar-refractivity contribution in [3.05, 3.63) is 0 Å². The third kappa shape index (κ3) is 5.94. The first-order valence-electron chi connectivity index (χ1n) is 6.87. The summed E-state index contributed by atoms with van der Waals surface area (Å²) in [5, 5.41) is 0. The number of amides is 2. The first kappa shape index (κ1) is 16.3. The van der Waals surface area contributed by atoms with Crippen LogP contribution in [0.2, 0.25) is 0 Å². The molecule has 0 aliphatic rings. The Morgan fingerprint density at radius 2 is 1.59 bits per heavy atom. The zero-order valence-corrected chi connectivity index (χ0v) is 12.5. The van der Waals surface area contributed by atoms with Crippen molar-refractivity contribution in [1.29, 1.82) is 0 Å². The van der Waals surface area contributed by atoms with E-state index >= 15 is 0 Å². The van der Waals surface area contributed by atoms with Gasteiger partial charge in [-0.1, -0.05) is 26.7 Å². The fourth-order valence-electron chi connectivity index (χ4n) is 1.84. The number of carbonyl (C=O) groups is 1. The lowest BCUT2D eigenvalue weighted by atomic mass is 10.1. The van der Waals surface area contributed by atoms with Gasteiger partial charge in [-0.15, -0.1) is 0 Å². The van der Waals surface area contributed by atoms with Crippen molar-refractivity contribution in [3.8, 4) is 0 Å². The van der Waals surface area contributed by atoms with Crippen molar-refractivity contribution in [3.63, 3.8) is 0 Å². The molecule has 0 fully saturated rings. The third-order valence-electron chi connectivity index (χ3n) is 2.91. The number of rotatable bonds is 6. The van der Waals surface area contributed by atoms with E-state index in [1.807, 2.05) is 16.8 Å². The minimum Gasteiger partial charge on any atom is -0.328 e. The van der Waals surface area contributed by atoms with Crippen LogP contribution >= 0.6 is 0 Å². The van der Waals surface area contributed by atoms with Gasteiger partial charge in [-0.2, -0.15) is 0 Å². The van der Waals surface area contributed by atoms with Crippen LogP contribution in [0.5, 0.6) is 0 Å². The molecule has 0 saturated heterocycles. The smallest absolute Gasteiger partial charge is 0.320 e. The molecule has 0 aromatic rings. The Balaban J connectivity index is 4.40. The van der Waals surface area contributed by atoms with E-state index in [1.54, 1.807) is 0 Å². The SMILES string of the molecule is CCCCCN(C)C(=O)N(CCC)C(C)(C)C. The summed E-state index contributed by atoms with van der Waals surface area (Å²) in [5.74, 6) is 0. The van der Waals surface area contributed by atoms with Gasteiger partial charge in [0, 0.05) is 25.7 Å². The normalized spacial score (nSPS) is 11.4. The van der Waals surface area contributed by atoms with E-state index in [0.29, 0.717) is 0 Å². The minimum atomic E-state index is -0.0912. The monoisotopic (exact) mass is 242 g/mol. The standard InChI is InChI=1S/C14H30N2O/c1-7-9-10-12-15(6)13(17)16(11-8-2)14(3,4)5/h7-12H2,1-6H3. The Bertz CT molecular complexity index is 221. The molecular weight excluding hydrogens is 212 g/mol. The average molecular weight is 242 g/mol. The van der Waals surface area contributed by atoms with E-state index < -0.39 is 0 Å². The molecule has 0 N–H and O–H groups in total. The number of unbranched alkanes of at least 4 members (excludes halogenated alkanes) is 2. The molecule has 102 valence electrons. The van der Waals surface area contributed by atoms with Crippen LogP contribution in [0.15, 0.2) is 0 Å². The molecule has 0 rings (SSSR count). The van der Waals surface area contributed by atoms with Gasteiger partial charge in [-0.3, -0.25) is 0 Å². The Morgan fingerprint density at radius 1 is 1.00 bits per heavy atom. The lowest BCUT2D eigenvalue weighted by Crippen LogP contribution is -2.51. The molecule has 0 radical (unpaired) electrons. The van der Waals surface area contributed by atoms with Gasteiger partial charge in [-0.25, -0.2) is 4.79 Å². The molecule has 0 atom stereocenters. The fraction of sp³-hybridized carbons (Fsp3) is 0.929. The van der Waals surface area contributed by atoms with Crippen LogP contribution in [0.4, 0.5) is 4.79 Å². The van der Waals surface area contributed by atoms with Crippen LogP contribution in [-0.4, -0.2) is 41.5 Å². The summed E-state index contributed by atoms with van der Waals surface area (Å²) < 4.78 is 0. The van der Waals surface area contributed by atoms with Gasteiger partial charge in [0.05, 0.1) is 0 Å². The van der Waals surface area contributed by atoms with Crippen molar-refractivity contribution in [1.82, 2.24) is 9.80 Å². The predicted octanol–water partition coefficient (Wildman–Crippen LogP) is 3.74. The molecule has 3 heteroatoms. The van der Waals surface area contributed by atoms with Crippen molar-refractivity contribution >= 4 is 6.03 Å². The molecule has 0 aromatic heterocycles. The maximum Gasteiger partial charge on any atom is 0.320 e. The zero-order chi connectivity index (χ0) is 13.5. The summed E-state index contributed by atoms with van der Waals surface area (Å²) in [6, 6.07) is 0.162. The van der Waals surface area contributed by atoms with Crippen LogP contribution in [0.3, 0.4) is 0 Å². The molecular formula is C14H30N2O. The highest BCUT2D eigenvalue weighted by Gasteiger charge is 2.27.